The van der Waals surface area contributed by atoms with E-state index >= 15 is 0 Å². The largest absolute Gasteiger partial charge is 0.311 e. The second-order valence-corrected chi connectivity index (χ2v) is 6.72. The number of nitrogens with one attached hydrogen (secondary N) is 1. The molecule has 114 valence electrons. The SMILES string of the molecule is CCC1(C)CNC(C(C)C)CN1CCc1ccnn1C. The number of aryl methyl sites for hydroxylation is 1. The maximum absolute atomic E-state index is 4.27. The minimum Gasteiger partial charge on any atom is -0.311 e. The van der Waals surface area contributed by atoms with Crippen molar-refractivity contribution in [1.29, 1.82) is 0 Å². The molecule has 0 spiro atoms. The van der Waals surface area contributed by atoms with Gasteiger partial charge in [-0.05, 0) is 25.3 Å². The van der Waals surface area contributed by atoms with Gasteiger partial charge in [0.2, 0.25) is 0 Å². The van der Waals surface area contributed by atoms with Crippen LogP contribution in [0, 0.1) is 5.92 Å². The second-order valence-electron chi connectivity index (χ2n) is 6.72. The molecule has 4 nitrogen and oxygen atoms in total. The fraction of sp³-hybridized carbons (Fsp3) is 0.812. The van der Waals surface area contributed by atoms with E-state index in [9.17, 15) is 0 Å². The zero-order valence-electron chi connectivity index (χ0n) is 13.7. The van der Waals surface area contributed by atoms with Gasteiger partial charge >= 0.3 is 0 Å². The van der Waals surface area contributed by atoms with Crippen molar-refractivity contribution in [3.8, 4) is 0 Å². The normalized spacial score (nSPS) is 28.2. The average molecular weight is 278 g/mol. The molecule has 1 saturated heterocycles. The lowest BCUT2D eigenvalue weighted by molar-refractivity contribution is 0.0393. The molecule has 0 amide bonds. The van der Waals surface area contributed by atoms with Crippen LogP contribution < -0.4 is 5.32 Å². The van der Waals surface area contributed by atoms with Crippen LogP contribution >= 0.6 is 0 Å². The van der Waals surface area contributed by atoms with Gasteiger partial charge in [0.25, 0.3) is 0 Å². The fourth-order valence-corrected chi connectivity index (χ4v) is 3.04. The minimum absolute atomic E-state index is 0.282. The molecule has 1 aliphatic rings. The van der Waals surface area contributed by atoms with Gasteiger partial charge in [-0.2, -0.15) is 5.10 Å². The third-order valence-electron chi connectivity index (χ3n) is 5.05. The highest BCUT2D eigenvalue weighted by atomic mass is 15.3. The Balaban J connectivity index is 2.02. The van der Waals surface area contributed by atoms with E-state index in [1.807, 2.05) is 17.9 Å². The summed E-state index contributed by atoms with van der Waals surface area (Å²) >= 11 is 0. The summed E-state index contributed by atoms with van der Waals surface area (Å²) in [5.41, 5.74) is 1.60. The van der Waals surface area contributed by atoms with Crippen molar-refractivity contribution in [2.75, 3.05) is 19.6 Å². The van der Waals surface area contributed by atoms with Crippen LogP contribution in [0.5, 0.6) is 0 Å². The molecule has 20 heavy (non-hydrogen) atoms. The molecule has 4 heteroatoms. The predicted molar refractivity (Wildman–Crippen MR) is 83.8 cm³/mol. The van der Waals surface area contributed by atoms with E-state index < -0.39 is 0 Å². The molecule has 2 rings (SSSR count). The number of nitrogens with zero attached hydrogens (tertiary/aromatic N) is 3. The Morgan fingerprint density at radius 1 is 1.50 bits per heavy atom. The molecule has 0 saturated carbocycles. The first kappa shape index (κ1) is 15.5. The Labute approximate surface area is 123 Å². The van der Waals surface area contributed by atoms with Gasteiger partial charge in [0.1, 0.15) is 0 Å². The van der Waals surface area contributed by atoms with Crippen LogP contribution in [-0.2, 0) is 13.5 Å². The molecule has 0 radical (unpaired) electrons. The Kier molecular flexibility index (Phi) is 4.86. The predicted octanol–water partition coefficient (Wildman–Crippen LogP) is 2.06. The molecule has 0 aromatic carbocycles. The lowest BCUT2D eigenvalue weighted by Crippen LogP contribution is -2.64. The van der Waals surface area contributed by atoms with Crippen LogP contribution in [0.15, 0.2) is 12.3 Å². The van der Waals surface area contributed by atoms with Gasteiger partial charge in [0.05, 0.1) is 0 Å². The summed E-state index contributed by atoms with van der Waals surface area (Å²) in [6.07, 6.45) is 4.16. The van der Waals surface area contributed by atoms with Crippen LogP contribution in [0.2, 0.25) is 0 Å². The molecule has 1 aromatic heterocycles. The fourth-order valence-electron chi connectivity index (χ4n) is 3.04. The average Bonchev–Trinajstić information content (AvgIpc) is 2.83. The smallest absolute Gasteiger partial charge is 0.0492 e. The molecule has 1 aliphatic heterocycles. The molecule has 1 aromatic rings. The van der Waals surface area contributed by atoms with Gasteiger partial charge < -0.3 is 5.32 Å². The molecule has 2 unspecified atom stereocenters. The molecular weight excluding hydrogens is 248 g/mol. The van der Waals surface area contributed by atoms with Crippen LogP contribution in [0.3, 0.4) is 0 Å². The summed E-state index contributed by atoms with van der Waals surface area (Å²) in [6, 6.07) is 2.74. The van der Waals surface area contributed by atoms with Gasteiger partial charge in [0, 0.05) is 56.6 Å². The molecule has 2 heterocycles. The van der Waals surface area contributed by atoms with Crippen molar-refractivity contribution in [1.82, 2.24) is 20.0 Å². The lowest BCUT2D eigenvalue weighted by atomic mass is 9.89. The van der Waals surface area contributed by atoms with Crippen molar-refractivity contribution >= 4 is 0 Å². The van der Waals surface area contributed by atoms with Crippen molar-refractivity contribution < 1.29 is 0 Å². The Morgan fingerprint density at radius 2 is 2.25 bits per heavy atom. The summed E-state index contributed by atoms with van der Waals surface area (Å²) in [6.45, 7) is 12.7. The summed E-state index contributed by atoms with van der Waals surface area (Å²) in [4.78, 5) is 2.68. The van der Waals surface area contributed by atoms with Crippen LogP contribution in [0.4, 0.5) is 0 Å². The molecular formula is C16H30N4. The van der Waals surface area contributed by atoms with E-state index in [0.717, 1.165) is 26.1 Å². The van der Waals surface area contributed by atoms with E-state index in [-0.39, 0.29) is 5.54 Å². The third kappa shape index (κ3) is 3.23. The van der Waals surface area contributed by atoms with Crippen molar-refractivity contribution in [2.24, 2.45) is 13.0 Å². The zero-order valence-corrected chi connectivity index (χ0v) is 13.7. The summed E-state index contributed by atoms with van der Waals surface area (Å²) in [5.74, 6) is 0.690. The van der Waals surface area contributed by atoms with Crippen molar-refractivity contribution in [2.45, 2.75) is 52.1 Å². The Hall–Kier alpha value is -0.870. The minimum atomic E-state index is 0.282. The van der Waals surface area contributed by atoms with E-state index in [4.69, 9.17) is 0 Å². The Bertz CT molecular complexity index is 426. The van der Waals surface area contributed by atoms with Gasteiger partial charge in [-0.15, -0.1) is 0 Å². The molecule has 1 fully saturated rings. The summed E-state index contributed by atoms with van der Waals surface area (Å²) in [7, 11) is 2.03. The van der Waals surface area contributed by atoms with Crippen molar-refractivity contribution in [3.63, 3.8) is 0 Å². The number of piperazine rings is 1. The number of aromatic nitrogens is 2. The first-order valence-electron chi connectivity index (χ1n) is 7.91. The van der Waals surface area contributed by atoms with Gasteiger partial charge in [-0.1, -0.05) is 20.8 Å². The second kappa shape index (κ2) is 6.27. The zero-order chi connectivity index (χ0) is 14.8. The quantitative estimate of drug-likeness (QED) is 0.895. The monoisotopic (exact) mass is 278 g/mol. The maximum atomic E-state index is 4.27. The van der Waals surface area contributed by atoms with Gasteiger partial charge in [-0.3, -0.25) is 9.58 Å². The highest BCUT2D eigenvalue weighted by Gasteiger charge is 2.36. The first-order valence-corrected chi connectivity index (χ1v) is 7.91. The van der Waals surface area contributed by atoms with Gasteiger partial charge in [-0.25, -0.2) is 0 Å². The number of rotatable bonds is 5. The molecule has 1 N–H and O–H groups in total. The highest BCUT2D eigenvalue weighted by Crippen LogP contribution is 2.25. The third-order valence-corrected chi connectivity index (χ3v) is 5.05. The molecule has 2 atom stereocenters. The topological polar surface area (TPSA) is 33.1 Å². The summed E-state index contributed by atoms with van der Waals surface area (Å²) in [5, 5.41) is 8.00. The van der Waals surface area contributed by atoms with Crippen LogP contribution in [-0.4, -0.2) is 45.9 Å². The van der Waals surface area contributed by atoms with Crippen LogP contribution in [0.25, 0.3) is 0 Å². The molecule has 0 bridgehead atoms. The molecule has 0 aliphatic carbocycles. The standard InChI is InChI=1S/C16H30N4/c1-6-16(4)12-17-15(13(2)3)11-20(16)10-8-14-7-9-18-19(14)5/h7,9,13,15,17H,6,8,10-12H2,1-5H3. The first-order chi connectivity index (χ1) is 9.46. The number of hydrogen-bond donors (Lipinski definition) is 1. The van der Waals surface area contributed by atoms with E-state index in [0.29, 0.717) is 12.0 Å². The van der Waals surface area contributed by atoms with Crippen molar-refractivity contribution in [3.05, 3.63) is 18.0 Å². The Morgan fingerprint density at radius 3 is 2.80 bits per heavy atom. The van der Waals surface area contributed by atoms with Gasteiger partial charge in [0.15, 0.2) is 0 Å². The lowest BCUT2D eigenvalue weighted by Gasteiger charge is -2.49. The maximum Gasteiger partial charge on any atom is 0.0492 e. The summed E-state index contributed by atoms with van der Waals surface area (Å²) < 4.78 is 1.99. The van der Waals surface area contributed by atoms with Crippen LogP contribution in [0.1, 0.15) is 39.8 Å². The highest BCUT2D eigenvalue weighted by molar-refractivity contribution is 5.02. The van der Waals surface area contributed by atoms with E-state index in [1.54, 1.807) is 0 Å². The van der Waals surface area contributed by atoms with E-state index in [1.165, 1.54) is 12.1 Å². The van der Waals surface area contributed by atoms with E-state index in [2.05, 4.69) is 49.1 Å². The number of hydrogen-bond acceptors (Lipinski definition) is 3.